The molecule has 0 saturated carbocycles. The van der Waals surface area contributed by atoms with Gasteiger partial charge in [0.15, 0.2) is 0 Å². The number of carbonyl (C=O) groups excluding carboxylic acids is 2. The van der Waals surface area contributed by atoms with Gasteiger partial charge in [-0.05, 0) is 26.0 Å². The average Bonchev–Trinajstić information content (AvgIpc) is 2.78. The van der Waals surface area contributed by atoms with Crippen molar-refractivity contribution in [3.8, 4) is 0 Å². The lowest BCUT2D eigenvalue weighted by atomic mass is 10.0. The summed E-state index contributed by atoms with van der Waals surface area (Å²) in [6, 6.07) is 1.43. The number of halogens is 2. The van der Waals surface area contributed by atoms with Gasteiger partial charge in [-0.2, -0.15) is 0 Å². The standard InChI is InChI=1S/C13H15F2N3O2/c1-6-7(2-3-17-6)13(20)18-11-4-8(12(16)19)9(14)5-10(11)15/h4-7,17H,2-3H2,1H3,(H2,16,19)(H,18,20). The Balaban J connectivity index is 2.22. The van der Waals surface area contributed by atoms with E-state index in [1.807, 2.05) is 6.92 Å². The first-order valence-electron chi connectivity index (χ1n) is 6.23. The summed E-state index contributed by atoms with van der Waals surface area (Å²) in [6.07, 6.45) is 0.637. The largest absolute Gasteiger partial charge is 0.366 e. The highest BCUT2D eigenvalue weighted by Crippen LogP contribution is 2.22. The number of benzene rings is 1. The molecule has 2 amide bonds. The molecule has 1 fully saturated rings. The second-order valence-corrected chi connectivity index (χ2v) is 4.80. The summed E-state index contributed by atoms with van der Waals surface area (Å²) >= 11 is 0. The molecule has 1 aromatic rings. The smallest absolute Gasteiger partial charge is 0.251 e. The van der Waals surface area contributed by atoms with Gasteiger partial charge in [0.05, 0.1) is 17.2 Å². The van der Waals surface area contributed by atoms with Crippen LogP contribution in [0.3, 0.4) is 0 Å². The van der Waals surface area contributed by atoms with Gasteiger partial charge < -0.3 is 16.4 Å². The highest BCUT2D eigenvalue weighted by molar-refractivity contribution is 5.97. The Morgan fingerprint density at radius 3 is 2.60 bits per heavy atom. The number of anilines is 1. The van der Waals surface area contributed by atoms with E-state index in [-0.39, 0.29) is 23.6 Å². The van der Waals surface area contributed by atoms with Gasteiger partial charge in [-0.3, -0.25) is 9.59 Å². The van der Waals surface area contributed by atoms with E-state index < -0.39 is 23.1 Å². The van der Waals surface area contributed by atoms with Gasteiger partial charge in [-0.1, -0.05) is 0 Å². The van der Waals surface area contributed by atoms with Crippen LogP contribution < -0.4 is 16.4 Å². The molecule has 1 aliphatic heterocycles. The topological polar surface area (TPSA) is 84.2 Å². The fourth-order valence-electron chi connectivity index (χ4n) is 2.28. The van der Waals surface area contributed by atoms with Crippen LogP contribution in [0.25, 0.3) is 0 Å². The Morgan fingerprint density at radius 2 is 2.05 bits per heavy atom. The SMILES string of the molecule is CC1NCCC1C(=O)Nc1cc(C(N)=O)c(F)cc1F. The summed E-state index contributed by atoms with van der Waals surface area (Å²) in [7, 11) is 0. The van der Waals surface area contributed by atoms with E-state index in [4.69, 9.17) is 5.73 Å². The number of amides is 2. The molecule has 4 N–H and O–H groups in total. The highest BCUT2D eigenvalue weighted by atomic mass is 19.1. The Morgan fingerprint density at radius 1 is 1.35 bits per heavy atom. The first-order valence-corrected chi connectivity index (χ1v) is 6.23. The molecule has 7 heteroatoms. The molecule has 1 saturated heterocycles. The Labute approximate surface area is 114 Å². The second kappa shape index (κ2) is 5.54. The van der Waals surface area contributed by atoms with Gasteiger partial charge >= 0.3 is 0 Å². The van der Waals surface area contributed by atoms with Crippen molar-refractivity contribution in [2.45, 2.75) is 19.4 Å². The van der Waals surface area contributed by atoms with E-state index in [1.54, 1.807) is 0 Å². The fraction of sp³-hybridized carbons (Fsp3) is 0.385. The van der Waals surface area contributed by atoms with Crippen molar-refractivity contribution in [3.63, 3.8) is 0 Å². The van der Waals surface area contributed by atoms with Crippen molar-refractivity contribution in [2.24, 2.45) is 11.7 Å². The quantitative estimate of drug-likeness (QED) is 0.773. The predicted octanol–water partition coefficient (Wildman–Crippen LogP) is 1.00. The van der Waals surface area contributed by atoms with Crippen molar-refractivity contribution in [2.75, 3.05) is 11.9 Å². The van der Waals surface area contributed by atoms with Gasteiger partial charge in [0.25, 0.3) is 5.91 Å². The second-order valence-electron chi connectivity index (χ2n) is 4.80. The molecular weight excluding hydrogens is 268 g/mol. The van der Waals surface area contributed by atoms with Crippen molar-refractivity contribution in [1.29, 1.82) is 0 Å². The zero-order valence-electron chi connectivity index (χ0n) is 10.9. The predicted molar refractivity (Wildman–Crippen MR) is 69.1 cm³/mol. The highest BCUT2D eigenvalue weighted by Gasteiger charge is 2.30. The maximum absolute atomic E-state index is 13.6. The summed E-state index contributed by atoms with van der Waals surface area (Å²) < 4.78 is 26.9. The molecule has 5 nitrogen and oxygen atoms in total. The molecular formula is C13H15F2N3O2. The Bertz CT molecular complexity index is 563. The summed E-state index contributed by atoms with van der Waals surface area (Å²) in [5.74, 6) is -3.68. The number of carbonyl (C=O) groups is 2. The number of nitrogens with two attached hydrogens (primary N) is 1. The number of primary amides is 1. The van der Waals surface area contributed by atoms with Crippen molar-refractivity contribution in [3.05, 3.63) is 29.3 Å². The molecule has 1 aromatic carbocycles. The third-order valence-electron chi connectivity index (χ3n) is 3.44. The first-order chi connectivity index (χ1) is 9.40. The summed E-state index contributed by atoms with van der Waals surface area (Å²) in [4.78, 5) is 23.0. The van der Waals surface area contributed by atoms with E-state index in [0.717, 1.165) is 6.07 Å². The van der Waals surface area contributed by atoms with Gasteiger partial charge in [-0.15, -0.1) is 0 Å². The van der Waals surface area contributed by atoms with E-state index in [1.165, 1.54) is 0 Å². The van der Waals surface area contributed by atoms with E-state index >= 15 is 0 Å². The molecule has 2 rings (SSSR count). The average molecular weight is 283 g/mol. The van der Waals surface area contributed by atoms with E-state index in [9.17, 15) is 18.4 Å². The van der Waals surface area contributed by atoms with Gasteiger partial charge in [-0.25, -0.2) is 8.78 Å². The zero-order valence-corrected chi connectivity index (χ0v) is 10.9. The summed E-state index contributed by atoms with van der Waals surface area (Å²) in [5, 5.41) is 5.48. The normalized spacial score (nSPS) is 21.8. The van der Waals surface area contributed by atoms with Crippen LogP contribution in [-0.2, 0) is 4.79 Å². The number of nitrogens with one attached hydrogen (secondary N) is 2. The molecule has 1 heterocycles. The molecule has 2 unspecified atom stereocenters. The lowest BCUT2D eigenvalue weighted by molar-refractivity contribution is -0.120. The molecule has 0 aromatic heterocycles. The zero-order chi connectivity index (χ0) is 14.9. The van der Waals surface area contributed by atoms with Crippen LogP contribution in [0.15, 0.2) is 12.1 Å². The maximum atomic E-state index is 13.6. The van der Waals surface area contributed by atoms with Crippen LogP contribution in [0, 0.1) is 17.6 Å². The van der Waals surface area contributed by atoms with Gasteiger partial charge in [0.1, 0.15) is 11.6 Å². The molecule has 0 aliphatic carbocycles. The summed E-state index contributed by atoms with van der Waals surface area (Å²) in [6.45, 7) is 2.56. The van der Waals surface area contributed by atoms with Crippen LogP contribution in [0.2, 0.25) is 0 Å². The molecule has 0 bridgehead atoms. The van der Waals surface area contributed by atoms with Crippen molar-refractivity contribution < 1.29 is 18.4 Å². The molecule has 2 atom stereocenters. The molecule has 0 spiro atoms. The minimum Gasteiger partial charge on any atom is -0.366 e. The number of hydrogen-bond acceptors (Lipinski definition) is 3. The van der Waals surface area contributed by atoms with Crippen LogP contribution in [0.5, 0.6) is 0 Å². The minimum absolute atomic E-state index is 0.0193. The number of rotatable bonds is 3. The molecule has 108 valence electrons. The van der Waals surface area contributed by atoms with Crippen LogP contribution in [0.4, 0.5) is 14.5 Å². The van der Waals surface area contributed by atoms with Crippen molar-refractivity contribution in [1.82, 2.24) is 5.32 Å². The minimum atomic E-state index is -1.05. The van der Waals surface area contributed by atoms with Gasteiger partial charge in [0.2, 0.25) is 5.91 Å². The lowest BCUT2D eigenvalue weighted by Crippen LogP contribution is -2.32. The maximum Gasteiger partial charge on any atom is 0.251 e. The van der Waals surface area contributed by atoms with Crippen LogP contribution in [0.1, 0.15) is 23.7 Å². The molecule has 20 heavy (non-hydrogen) atoms. The van der Waals surface area contributed by atoms with Crippen LogP contribution in [-0.4, -0.2) is 24.4 Å². The number of hydrogen-bond donors (Lipinski definition) is 3. The molecule has 0 radical (unpaired) electrons. The fourth-order valence-corrected chi connectivity index (χ4v) is 2.28. The third-order valence-corrected chi connectivity index (χ3v) is 3.44. The lowest BCUT2D eigenvalue weighted by Gasteiger charge is -2.15. The van der Waals surface area contributed by atoms with Crippen molar-refractivity contribution >= 4 is 17.5 Å². The van der Waals surface area contributed by atoms with Crippen LogP contribution >= 0.6 is 0 Å². The Kier molecular flexibility index (Phi) is 3.99. The van der Waals surface area contributed by atoms with Gasteiger partial charge in [0, 0.05) is 12.1 Å². The monoisotopic (exact) mass is 283 g/mol. The third kappa shape index (κ3) is 2.77. The summed E-state index contributed by atoms with van der Waals surface area (Å²) in [5.41, 5.74) is 4.28. The first kappa shape index (κ1) is 14.4. The van der Waals surface area contributed by atoms with E-state index in [2.05, 4.69) is 10.6 Å². The molecule has 1 aliphatic rings. The Hall–Kier alpha value is -2.02. The van der Waals surface area contributed by atoms with E-state index in [0.29, 0.717) is 19.0 Å².